The summed E-state index contributed by atoms with van der Waals surface area (Å²) in [6.45, 7) is 16.1. The minimum absolute atomic E-state index is 0.396. The lowest BCUT2D eigenvalue weighted by atomic mass is 9.84. The Morgan fingerprint density at radius 2 is 1.24 bits per heavy atom. The summed E-state index contributed by atoms with van der Waals surface area (Å²) in [6, 6.07) is 33.6. The van der Waals surface area contributed by atoms with Gasteiger partial charge < -0.3 is 10.6 Å². The van der Waals surface area contributed by atoms with Crippen LogP contribution in [0.3, 0.4) is 0 Å². The van der Waals surface area contributed by atoms with Crippen LogP contribution in [0.15, 0.2) is 137 Å². The SMILES string of the molecule is C=C1C=C(c2ccccc2)c2cc(Br)ccc2N1.C=C1CC(c2ccccc2)c2cc(Br)ccc2N1.CC.CC.II. The van der Waals surface area contributed by atoms with Crippen molar-refractivity contribution in [3.63, 3.8) is 0 Å². The van der Waals surface area contributed by atoms with Crippen molar-refractivity contribution in [3.8, 4) is 0 Å². The van der Waals surface area contributed by atoms with Crippen LogP contribution in [0.1, 0.15) is 62.3 Å². The molecule has 0 aliphatic carbocycles. The van der Waals surface area contributed by atoms with Crippen LogP contribution in [0.2, 0.25) is 0 Å². The lowest BCUT2D eigenvalue weighted by Gasteiger charge is -2.28. The first-order valence-electron chi connectivity index (χ1n) is 13.9. The Morgan fingerprint density at radius 1 is 0.690 bits per heavy atom. The van der Waals surface area contributed by atoms with Crippen LogP contribution in [-0.4, -0.2) is 0 Å². The zero-order chi connectivity index (χ0) is 31.1. The first kappa shape index (κ1) is 36.3. The fourth-order valence-corrected chi connectivity index (χ4v) is 5.42. The molecule has 0 aromatic heterocycles. The molecule has 0 radical (unpaired) electrons. The minimum atomic E-state index is 0.396. The van der Waals surface area contributed by atoms with Crippen molar-refractivity contribution in [2.75, 3.05) is 10.6 Å². The molecular formula is C36H38Br2I2N2. The molecule has 0 bridgehead atoms. The summed E-state index contributed by atoms with van der Waals surface area (Å²) in [6.07, 6.45) is 3.04. The van der Waals surface area contributed by atoms with E-state index in [1.807, 2.05) is 39.8 Å². The van der Waals surface area contributed by atoms with Gasteiger partial charge in [0.15, 0.2) is 0 Å². The van der Waals surface area contributed by atoms with Gasteiger partial charge in [-0.3, -0.25) is 0 Å². The Labute approximate surface area is 292 Å². The Bertz CT molecular complexity index is 1470. The molecule has 220 valence electrons. The van der Waals surface area contributed by atoms with E-state index in [0.29, 0.717) is 5.92 Å². The van der Waals surface area contributed by atoms with Gasteiger partial charge in [0.25, 0.3) is 0 Å². The number of fused-ring (bicyclic) bond motifs is 2. The van der Waals surface area contributed by atoms with E-state index in [0.717, 1.165) is 32.4 Å². The number of anilines is 2. The summed E-state index contributed by atoms with van der Waals surface area (Å²) >= 11 is 11.3. The molecule has 2 aliphatic rings. The molecule has 0 saturated carbocycles. The molecule has 0 fully saturated rings. The van der Waals surface area contributed by atoms with Crippen LogP contribution in [-0.2, 0) is 0 Å². The van der Waals surface area contributed by atoms with Crippen LogP contribution in [0, 0.1) is 0 Å². The van der Waals surface area contributed by atoms with Crippen molar-refractivity contribution < 1.29 is 0 Å². The molecule has 0 spiro atoms. The van der Waals surface area contributed by atoms with Crippen molar-refractivity contribution in [1.29, 1.82) is 0 Å². The van der Waals surface area contributed by atoms with Crippen LogP contribution < -0.4 is 10.6 Å². The van der Waals surface area contributed by atoms with Gasteiger partial charge in [0, 0.05) is 80.4 Å². The molecule has 1 atom stereocenters. The quantitative estimate of drug-likeness (QED) is 0.196. The molecule has 42 heavy (non-hydrogen) atoms. The number of rotatable bonds is 2. The maximum atomic E-state index is 4.09. The molecule has 2 nitrogen and oxygen atoms in total. The van der Waals surface area contributed by atoms with Gasteiger partial charge >= 0.3 is 0 Å². The summed E-state index contributed by atoms with van der Waals surface area (Å²) in [4.78, 5) is 0. The summed E-state index contributed by atoms with van der Waals surface area (Å²) in [5.41, 5.74) is 10.6. The smallest absolute Gasteiger partial charge is 0.0464 e. The van der Waals surface area contributed by atoms with Crippen molar-refractivity contribution in [3.05, 3.63) is 159 Å². The van der Waals surface area contributed by atoms with Gasteiger partial charge in [0.1, 0.15) is 0 Å². The van der Waals surface area contributed by atoms with Crippen LogP contribution in [0.4, 0.5) is 11.4 Å². The van der Waals surface area contributed by atoms with Gasteiger partial charge in [-0.2, -0.15) is 0 Å². The third-order valence-corrected chi connectivity index (χ3v) is 7.31. The standard InChI is InChI=1S/C16H14BrN.C16H12BrN.2C2H6.I2/c2*1-11-9-14(12-5-3-2-4-6-12)15-10-13(17)7-8-16(15)18-11;3*1-2/h2-8,10,14,18H,1,9H2;2-10,18H,1H2;2*1-2H3;. The fraction of sp³-hybridized carbons (Fsp3) is 0.167. The predicted molar refractivity (Wildman–Crippen MR) is 211 cm³/mol. The van der Waals surface area contributed by atoms with E-state index < -0.39 is 0 Å². The monoisotopic (exact) mass is 910 g/mol. The van der Waals surface area contributed by atoms with Crippen molar-refractivity contribution in [1.82, 2.24) is 0 Å². The Hall–Kier alpha value is -1.88. The molecule has 4 aromatic rings. The third kappa shape index (κ3) is 10.1. The number of benzene rings is 4. The average Bonchev–Trinajstić information content (AvgIpc) is 3.05. The zero-order valence-corrected chi connectivity index (χ0v) is 32.0. The van der Waals surface area contributed by atoms with E-state index in [1.54, 1.807) is 0 Å². The Morgan fingerprint density at radius 3 is 1.86 bits per heavy atom. The Balaban J connectivity index is 0.000000250. The number of allylic oxidation sites excluding steroid dienone is 2. The fourth-order valence-electron chi connectivity index (χ4n) is 4.68. The largest absolute Gasteiger partial charge is 0.359 e. The van der Waals surface area contributed by atoms with Crippen LogP contribution in [0.5, 0.6) is 0 Å². The molecule has 1 unspecified atom stereocenters. The lowest BCUT2D eigenvalue weighted by molar-refractivity contribution is 0.780. The van der Waals surface area contributed by atoms with Crippen LogP contribution in [0.25, 0.3) is 5.57 Å². The molecule has 6 heteroatoms. The van der Waals surface area contributed by atoms with Gasteiger partial charge in [0.2, 0.25) is 0 Å². The van der Waals surface area contributed by atoms with Gasteiger partial charge in [-0.25, -0.2) is 0 Å². The molecule has 2 heterocycles. The first-order valence-corrected chi connectivity index (χ1v) is 21.8. The maximum Gasteiger partial charge on any atom is 0.0464 e. The molecule has 4 aromatic carbocycles. The molecule has 6 rings (SSSR count). The number of halogens is 4. The topological polar surface area (TPSA) is 24.1 Å². The summed E-state index contributed by atoms with van der Waals surface area (Å²) < 4.78 is 2.20. The molecule has 2 N–H and O–H groups in total. The second-order valence-electron chi connectivity index (χ2n) is 8.89. The molecule has 2 aliphatic heterocycles. The second-order valence-corrected chi connectivity index (χ2v) is 10.7. The highest BCUT2D eigenvalue weighted by Crippen LogP contribution is 2.41. The molecule has 0 amide bonds. The number of hydrogen-bond acceptors (Lipinski definition) is 2. The van der Waals surface area contributed by atoms with E-state index in [2.05, 4.69) is 184 Å². The maximum absolute atomic E-state index is 4.09. The first-order chi connectivity index (χ1) is 20.5. The van der Waals surface area contributed by atoms with E-state index in [-0.39, 0.29) is 0 Å². The lowest BCUT2D eigenvalue weighted by Crippen LogP contribution is -2.15. The van der Waals surface area contributed by atoms with E-state index in [4.69, 9.17) is 0 Å². The van der Waals surface area contributed by atoms with E-state index >= 15 is 0 Å². The average molecular weight is 912 g/mol. The molecular weight excluding hydrogens is 874 g/mol. The van der Waals surface area contributed by atoms with E-state index in [1.165, 1.54) is 33.5 Å². The number of nitrogens with one attached hydrogen (secondary N) is 2. The highest BCUT2D eigenvalue weighted by Gasteiger charge is 2.23. The summed E-state index contributed by atoms with van der Waals surface area (Å²) in [5.74, 6) is 0.396. The van der Waals surface area contributed by atoms with Gasteiger partial charge in [0.05, 0.1) is 0 Å². The predicted octanol–water partition coefficient (Wildman–Crippen LogP) is 13.6. The van der Waals surface area contributed by atoms with Gasteiger partial charge in [-0.15, -0.1) is 0 Å². The van der Waals surface area contributed by atoms with Crippen molar-refractivity contribution in [2.45, 2.75) is 40.0 Å². The third-order valence-electron chi connectivity index (χ3n) is 6.32. The summed E-state index contributed by atoms with van der Waals surface area (Å²) in [5, 5.41) is 6.67. The van der Waals surface area contributed by atoms with E-state index in [9.17, 15) is 0 Å². The van der Waals surface area contributed by atoms with Gasteiger partial charge in [-0.05, 0) is 71.2 Å². The normalized spacial score (nSPS) is 14.0. The second kappa shape index (κ2) is 19.4. The highest BCUT2D eigenvalue weighted by molar-refractivity contribution is 15.0. The minimum Gasteiger partial charge on any atom is -0.359 e. The number of hydrogen-bond donors (Lipinski definition) is 2. The van der Waals surface area contributed by atoms with Crippen LogP contribution >= 0.6 is 69.1 Å². The Kier molecular flexibility index (Phi) is 16.8. The van der Waals surface area contributed by atoms with Crippen molar-refractivity contribution in [2.24, 2.45) is 0 Å². The van der Waals surface area contributed by atoms with Gasteiger partial charge in [-0.1, -0.05) is 133 Å². The zero-order valence-electron chi connectivity index (χ0n) is 24.5. The summed E-state index contributed by atoms with van der Waals surface area (Å²) in [7, 11) is 0. The van der Waals surface area contributed by atoms with Crippen molar-refractivity contribution >= 4 is 86.0 Å². The molecule has 0 saturated heterocycles. The highest BCUT2D eigenvalue weighted by atomic mass is 128.